The van der Waals surface area contributed by atoms with Crippen LogP contribution in [0.4, 0.5) is 26.1 Å². The molecule has 1 aliphatic rings. The summed E-state index contributed by atoms with van der Waals surface area (Å²) in [7, 11) is 1.33. The number of benzene rings is 1. The Morgan fingerprint density at radius 3 is 2.85 bits per heavy atom. The summed E-state index contributed by atoms with van der Waals surface area (Å²) in [5.41, 5.74) is -0.194. The number of carbonyl (C=O) groups excluding carboxylic acids is 1. The zero-order chi connectivity index (χ0) is 19.7. The van der Waals surface area contributed by atoms with E-state index in [1.165, 1.54) is 19.2 Å². The Morgan fingerprint density at radius 2 is 2.22 bits per heavy atom. The van der Waals surface area contributed by atoms with Gasteiger partial charge in [-0.1, -0.05) is 0 Å². The molecule has 0 radical (unpaired) electrons. The van der Waals surface area contributed by atoms with Crippen molar-refractivity contribution in [1.29, 1.82) is 0 Å². The van der Waals surface area contributed by atoms with Crippen LogP contribution in [0.5, 0.6) is 5.75 Å². The number of anilines is 2. The second-order valence-electron chi connectivity index (χ2n) is 6.02. The van der Waals surface area contributed by atoms with Crippen molar-refractivity contribution < 1.29 is 23.2 Å². The van der Waals surface area contributed by atoms with Gasteiger partial charge in [0, 0.05) is 18.2 Å². The molecule has 0 unspecified atom stereocenters. The molecular weight excluding hydrogens is 366 g/mol. The molecule has 1 aliphatic heterocycles. The van der Waals surface area contributed by atoms with Crippen LogP contribution < -0.4 is 15.4 Å². The Labute approximate surface area is 151 Å². The van der Waals surface area contributed by atoms with E-state index in [2.05, 4.69) is 20.7 Å². The number of nitrogens with one attached hydrogen (secondary N) is 2. The number of halogens is 2. The minimum atomic E-state index is -2.66. The molecule has 0 fully saturated rings. The number of amides is 1. The van der Waals surface area contributed by atoms with Gasteiger partial charge in [0.1, 0.15) is 11.8 Å². The van der Waals surface area contributed by atoms with Crippen molar-refractivity contribution in [2.75, 3.05) is 17.7 Å². The van der Waals surface area contributed by atoms with Crippen LogP contribution in [-0.4, -0.2) is 45.2 Å². The molecule has 1 amide bonds. The van der Waals surface area contributed by atoms with Crippen molar-refractivity contribution in [3.63, 3.8) is 0 Å². The van der Waals surface area contributed by atoms with E-state index >= 15 is 0 Å². The number of nitro groups is 1. The van der Waals surface area contributed by atoms with Gasteiger partial charge in [-0.3, -0.25) is 14.9 Å². The van der Waals surface area contributed by atoms with Crippen molar-refractivity contribution in [2.24, 2.45) is 0 Å². The normalized spacial score (nSPS) is 18.6. The predicted octanol–water partition coefficient (Wildman–Crippen LogP) is 2.46. The number of hydrogen-bond acceptors (Lipinski definition) is 7. The van der Waals surface area contributed by atoms with Crippen LogP contribution in [-0.2, 0) is 0 Å². The minimum absolute atomic E-state index is 0.0702. The molecule has 2 aromatic rings. The van der Waals surface area contributed by atoms with Crippen LogP contribution in [0.1, 0.15) is 30.0 Å². The monoisotopic (exact) mass is 382 g/mol. The summed E-state index contributed by atoms with van der Waals surface area (Å²) < 4.78 is 32.4. The highest BCUT2D eigenvalue weighted by atomic mass is 19.3. The molecule has 3 rings (SSSR count). The number of alkyl halides is 2. The van der Waals surface area contributed by atoms with Gasteiger partial charge in [0.25, 0.3) is 18.0 Å². The standard InChI is InChI=1S/C15H16F2N6O4/c1-7-3-11(12(16)17)22-15(18-7)20-13(21-22)14(24)19-8-4-9(23(25)26)6-10(5-8)27-2/h4-7,11-12H,3H2,1-2H3,(H,19,24)(H,18,20,21)/t7-,11+/m0/s1. The number of fused-ring (bicyclic) bond motifs is 1. The summed E-state index contributed by atoms with van der Waals surface area (Å²) >= 11 is 0. The molecule has 1 aromatic carbocycles. The number of methoxy groups -OCH3 is 1. The largest absolute Gasteiger partial charge is 0.496 e. The molecule has 27 heavy (non-hydrogen) atoms. The Kier molecular flexibility index (Phi) is 4.88. The molecular formula is C15H16F2N6O4. The lowest BCUT2D eigenvalue weighted by atomic mass is 10.1. The fraction of sp³-hybridized carbons (Fsp3) is 0.400. The van der Waals surface area contributed by atoms with Crippen LogP contribution in [0.3, 0.4) is 0 Å². The number of aromatic nitrogens is 3. The van der Waals surface area contributed by atoms with Gasteiger partial charge >= 0.3 is 0 Å². The Balaban J connectivity index is 1.87. The van der Waals surface area contributed by atoms with E-state index in [1.54, 1.807) is 6.92 Å². The van der Waals surface area contributed by atoms with E-state index in [-0.39, 0.29) is 41.4 Å². The van der Waals surface area contributed by atoms with E-state index in [0.29, 0.717) is 0 Å². The maximum absolute atomic E-state index is 13.2. The smallest absolute Gasteiger partial charge is 0.295 e. The lowest BCUT2D eigenvalue weighted by Crippen LogP contribution is -2.33. The number of rotatable bonds is 5. The van der Waals surface area contributed by atoms with Gasteiger partial charge in [-0.25, -0.2) is 13.5 Å². The van der Waals surface area contributed by atoms with Crippen LogP contribution >= 0.6 is 0 Å². The van der Waals surface area contributed by atoms with Crippen LogP contribution in [0.25, 0.3) is 0 Å². The molecule has 0 bridgehead atoms. The molecule has 144 valence electrons. The van der Waals surface area contributed by atoms with E-state index in [0.717, 1.165) is 10.7 Å². The van der Waals surface area contributed by atoms with E-state index < -0.39 is 23.3 Å². The fourth-order valence-electron chi connectivity index (χ4n) is 2.77. The highest BCUT2D eigenvalue weighted by Gasteiger charge is 2.34. The summed E-state index contributed by atoms with van der Waals surface area (Å²) in [5, 5.41) is 20.1. The molecule has 0 spiro atoms. The van der Waals surface area contributed by atoms with Crippen molar-refractivity contribution in [3.05, 3.63) is 34.1 Å². The second-order valence-corrected chi connectivity index (χ2v) is 6.02. The van der Waals surface area contributed by atoms with E-state index in [9.17, 15) is 23.7 Å². The highest BCUT2D eigenvalue weighted by molar-refractivity contribution is 6.02. The first kappa shape index (κ1) is 18.5. The third kappa shape index (κ3) is 3.78. The average Bonchev–Trinajstić information content (AvgIpc) is 3.04. The summed E-state index contributed by atoms with van der Waals surface area (Å²) in [6.07, 6.45) is -2.52. The van der Waals surface area contributed by atoms with Gasteiger partial charge in [0.2, 0.25) is 11.8 Å². The first-order valence-electron chi connectivity index (χ1n) is 7.94. The minimum Gasteiger partial charge on any atom is -0.496 e. The van der Waals surface area contributed by atoms with Gasteiger partial charge in [0.05, 0.1) is 23.8 Å². The average molecular weight is 382 g/mol. The van der Waals surface area contributed by atoms with Crippen LogP contribution in [0.15, 0.2) is 18.2 Å². The summed E-state index contributed by atoms with van der Waals surface area (Å²) in [5.74, 6) is -0.879. The maximum atomic E-state index is 13.2. The van der Waals surface area contributed by atoms with Crippen LogP contribution in [0.2, 0.25) is 0 Å². The summed E-state index contributed by atoms with van der Waals surface area (Å²) in [6, 6.07) is 2.27. The van der Waals surface area contributed by atoms with Crippen molar-refractivity contribution >= 4 is 23.2 Å². The molecule has 0 saturated carbocycles. The first-order valence-corrected chi connectivity index (χ1v) is 7.94. The maximum Gasteiger partial charge on any atom is 0.295 e. The third-order valence-corrected chi connectivity index (χ3v) is 4.01. The number of non-ortho nitro benzene ring substituents is 1. The summed E-state index contributed by atoms with van der Waals surface area (Å²) in [4.78, 5) is 26.7. The number of ether oxygens (including phenoxy) is 1. The lowest BCUT2D eigenvalue weighted by molar-refractivity contribution is -0.384. The topological polar surface area (TPSA) is 124 Å². The Hall–Kier alpha value is -3.31. The SMILES string of the molecule is COc1cc(NC(=O)c2nc3n(n2)[C@@H](C(F)F)C[C@H](C)N3)cc([N+](=O)[O-])c1. The molecule has 2 N–H and O–H groups in total. The number of nitrogens with zero attached hydrogens (tertiary/aromatic N) is 4. The fourth-order valence-corrected chi connectivity index (χ4v) is 2.77. The second kappa shape index (κ2) is 7.13. The van der Waals surface area contributed by atoms with Gasteiger partial charge in [0.15, 0.2) is 0 Å². The summed E-state index contributed by atoms with van der Waals surface area (Å²) in [6.45, 7) is 1.72. The first-order chi connectivity index (χ1) is 12.8. The molecule has 2 heterocycles. The van der Waals surface area contributed by atoms with Gasteiger partial charge in [-0.15, -0.1) is 5.10 Å². The highest BCUT2D eigenvalue weighted by Crippen LogP contribution is 2.30. The quantitative estimate of drug-likeness (QED) is 0.601. The molecule has 1 aromatic heterocycles. The van der Waals surface area contributed by atoms with E-state index in [1.807, 2.05) is 0 Å². The van der Waals surface area contributed by atoms with Gasteiger partial charge in [-0.05, 0) is 13.3 Å². The van der Waals surface area contributed by atoms with Crippen molar-refractivity contribution in [3.8, 4) is 5.75 Å². The Morgan fingerprint density at radius 1 is 1.48 bits per heavy atom. The predicted molar refractivity (Wildman–Crippen MR) is 90.4 cm³/mol. The van der Waals surface area contributed by atoms with E-state index in [4.69, 9.17) is 4.74 Å². The third-order valence-electron chi connectivity index (χ3n) is 4.01. The zero-order valence-corrected chi connectivity index (χ0v) is 14.3. The van der Waals surface area contributed by atoms with Crippen molar-refractivity contribution in [2.45, 2.75) is 31.9 Å². The number of hydrogen-bond donors (Lipinski definition) is 2. The molecule has 10 nitrogen and oxygen atoms in total. The van der Waals surface area contributed by atoms with Gasteiger partial charge < -0.3 is 15.4 Å². The molecule has 0 aliphatic carbocycles. The number of carbonyl (C=O) groups is 1. The Bertz CT molecular complexity index is 887. The van der Waals surface area contributed by atoms with Crippen molar-refractivity contribution in [1.82, 2.24) is 14.8 Å². The number of nitro benzene ring substituents is 1. The molecule has 0 saturated heterocycles. The van der Waals surface area contributed by atoms with Crippen LogP contribution in [0, 0.1) is 10.1 Å². The zero-order valence-electron chi connectivity index (χ0n) is 14.3. The molecule has 12 heteroatoms. The van der Waals surface area contributed by atoms with Gasteiger partial charge in [-0.2, -0.15) is 4.98 Å². The molecule has 2 atom stereocenters. The lowest BCUT2D eigenvalue weighted by Gasteiger charge is -2.28.